The number of amides is 2. The van der Waals surface area contributed by atoms with Crippen molar-refractivity contribution in [2.45, 2.75) is 70.2 Å². The van der Waals surface area contributed by atoms with E-state index < -0.39 is 10.0 Å². The van der Waals surface area contributed by atoms with Crippen LogP contribution in [-0.4, -0.2) is 50.2 Å². The summed E-state index contributed by atoms with van der Waals surface area (Å²) in [6.45, 7) is 7.51. The van der Waals surface area contributed by atoms with Crippen LogP contribution in [0.25, 0.3) is 0 Å². The Morgan fingerprint density at radius 1 is 1.16 bits per heavy atom. The molecule has 176 valence electrons. The molecule has 0 unspecified atom stereocenters. The first-order valence-electron chi connectivity index (χ1n) is 11.9. The molecule has 0 bridgehead atoms. The van der Waals surface area contributed by atoms with Crippen molar-refractivity contribution in [3.05, 3.63) is 23.8 Å². The Balaban J connectivity index is 1.47. The molecule has 1 saturated heterocycles. The zero-order valence-corrected chi connectivity index (χ0v) is 20.2. The van der Waals surface area contributed by atoms with Gasteiger partial charge in [-0.25, -0.2) is 8.42 Å². The molecule has 2 fully saturated rings. The molecule has 2 heterocycles. The van der Waals surface area contributed by atoms with Crippen LogP contribution in [0.15, 0.2) is 23.1 Å². The van der Waals surface area contributed by atoms with Crippen molar-refractivity contribution in [2.24, 2.45) is 17.8 Å². The Bertz CT molecular complexity index is 987. The smallest absolute Gasteiger partial charge is 0.243 e. The summed E-state index contributed by atoms with van der Waals surface area (Å²) in [5.41, 5.74) is 1.75. The molecule has 1 aliphatic carbocycles. The first-order valence-corrected chi connectivity index (χ1v) is 13.4. The average Bonchev–Trinajstić information content (AvgIpc) is 3.55. The molecule has 32 heavy (non-hydrogen) atoms. The molecular weight excluding hydrogens is 426 g/mol. The van der Waals surface area contributed by atoms with Crippen molar-refractivity contribution < 1.29 is 18.0 Å². The lowest BCUT2D eigenvalue weighted by molar-refractivity contribution is -0.126. The predicted octanol–water partition coefficient (Wildman–Crippen LogP) is 2.94. The normalized spacial score (nSPS) is 23.9. The van der Waals surface area contributed by atoms with E-state index in [0.29, 0.717) is 38.3 Å². The van der Waals surface area contributed by atoms with Crippen LogP contribution >= 0.6 is 0 Å². The van der Waals surface area contributed by atoms with Crippen LogP contribution in [0.3, 0.4) is 0 Å². The van der Waals surface area contributed by atoms with Crippen molar-refractivity contribution in [1.82, 2.24) is 9.62 Å². The van der Waals surface area contributed by atoms with Gasteiger partial charge >= 0.3 is 0 Å². The van der Waals surface area contributed by atoms with Crippen LogP contribution in [0.5, 0.6) is 0 Å². The number of nitrogens with zero attached hydrogens (tertiary/aromatic N) is 2. The van der Waals surface area contributed by atoms with E-state index in [9.17, 15) is 18.0 Å². The summed E-state index contributed by atoms with van der Waals surface area (Å²) in [7, 11) is -3.69. The topological polar surface area (TPSA) is 86.8 Å². The molecule has 1 N–H and O–H groups in total. The number of carbonyl (C=O) groups excluding carboxylic acids is 2. The molecule has 3 aliphatic rings. The van der Waals surface area contributed by atoms with E-state index in [4.69, 9.17) is 0 Å². The highest BCUT2D eigenvalue weighted by Crippen LogP contribution is 2.40. The van der Waals surface area contributed by atoms with Crippen molar-refractivity contribution in [2.75, 3.05) is 24.5 Å². The maximum atomic E-state index is 13.4. The van der Waals surface area contributed by atoms with E-state index in [-0.39, 0.29) is 41.1 Å². The van der Waals surface area contributed by atoms with Gasteiger partial charge < -0.3 is 10.2 Å². The summed E-state index contributed by atoms with van der Waals surface area (Å²) in [5.74, 6) is 0.434. The zero-order chi connectivity index (χ0) is 23.0. The van der Waals surface area contributed by atoms with Crippen LogP contribution < -0.4 is 10.2 Å². The molecule has 2 aliphatic heterocycles. The minimum absolute atomic E-state index is 0.0463. The number of benzene rings is 1. The van der Waals surface area contributed by atoms with E-state index in [1.54, 1.807) is 18.2 Å². The number of piperidine rings is 1. The second-order valence-electron chi connectivity index (χ2n) is 10.0. The number of anilines is 1. The Morgan fingerprint density at radius 2 is 1.91 bits per heavy atom. The van der Waals surface area contributed by atoms with Crippen molar-refractivity contribution in [1.29, 1.82) is 0 Å². The summed E-state index contributed by atoms with van der Waals surface area (Å²) in [4.78, 5) is 27.4. The molecule has 2 atom stereocenters. The Kier molecular flexibility index (Phi) is 6.63. The molecule has 0 radical (unpaired) electrons. The fraction of sp³-hybridized carbons (Fsp3) is 0.667. The first-order chi connectivity index (χ1) is 15.2. The zero-order valence-electron chi connectivity index (χ0n) is 19.3. The van der Waals surface area contributed by atoms with Gasteiger partial charge in [-0.2, -0.15) is 4.31 Å². The van der Waals surface area contributed by atoms with Crippen LogP contribution in [0.1, 0.15) is 58.4 Å². The van der Waals surface area contributed by atoms with Crippen molar-refractivity contribution in [3.8, 4) is 0 Å². The highest BCUT2D eigenvalue weighted by Gasteiger charge is 2.40. The quantitative estimate of drug-likeness (QED) is 0.676. The van der Waals surface area contributed by atoms with Crippen LogP contribution in [0.2, 0.25) is 0 Å². The van der Waals surface area contributed by atoms with Gasteiger partial charge in [-0.15, -0.1) is 0 Å². The fourth-order valence-electron chi connectivity index (χ4n) is 4.78. The van der Waals surface area contributed by atoms with Crippen molar-refractivity contribution >= 4 is 27.5 Å². The van der Waals surface area contributed by atoms with Crippen LogP contribution in [-0.2, 0) is 26.0 Å². The molecule has 2 amide bonds. The average molecular weight is 462 g/mol. The Morgan fingerprint density at radius 3 is 2.59 bits per heavy atom. The molecule has 8 heteroatoms. The van der Waals surface area contributed by atoms with E-state index in [1.807, 2.05) is 11.8 Å². The van der Waals surface area contributed by atoms with E-state index >= 15 is 0 Å². The lowest BCUT2D eigenvalue weighted by Crippen LogP contribution is -2.45. The minimum Gasteiger partial charge on any atom is -0.356 e. The molecule has 4 rings (SSSR count). The number of sulfonamides is 1. The summed E-state index contributed by atoms with van der Waals surface area (Å²) >= 11 is 0. The SMILES string of the molecule is CC(C)CCNC(=O)[C@@H]1CCCN(S(=O)(=O)c2ccc3c(c2)C[C@H](C)N3C(=O)C2CC2)C1. The summed E-state index contributed by atoms with van der Waals surface area (Å²) in [6, 6.07) is 5.18. The Hall–Kier alpha value is -1.93. The molecule has 0 aromatic heterocycles. The van der Waals surface area contributed by atoms with Gasteiger partial charge in [0.25, 0.3) is 0 Å². The minimum atomic E-state index is -3.69. The molecule has 0 spiro atoms. The number of nitrogens with one attached hydrogen (secondary N) is 1. The molecule has 1 aromatic carbocycles. The standard InChI is InChI=1S/C24H35N3O4S/c1-16(2)10-11-25-23(28)19-5-4-12-26(15-19)32(30,31)21-8-9-22-20(14-21)13-17(3)27(22)24(29)18-6-7-18/h8-9,14,16-19H,4-7,10-13,15H2,1-3H3,(H,25,28)/t17-,19+/m0/s1. The van der Waals surface area contributed by atoms with Crippen LogP contribution in [0, 0.1) is 17.8 Å². The highest BCUT2D eigenvalue weighted by molar-refractivity contribution is 7.89. The van der Waals surface area contributed by atoms with Crippen LogP contribution in [0.4, 0.5) is 5.69 Å². The number of hydrogen-bond donors (Lipinski definition) is 1. The third-order valence-electron chi connectivity index (χ3n) is 6.84. The maximum absolute atomic E-state index is 13.4. The van der Waals surface area contributed by atoms with Gasteiger partial charge in [-0.05, 0) is 75.1 Å². The van der Waals surface area contributed by atoms with Crippen molar-refractivity contribution in [3.63, 3.8) is 0 Å². The van der Waals surface area contributed by atoms with Gasteiger partial charge in [-0.1, -0.05) is 13.8 Å². The van der Waals surface area contributed by atoms with Gasteiger partial charge in [0.1, 0.15) is 0 Å². The summed E-state index contributed by atoms with van der Waals surface area (Å²) < 4.78 is 28.2. The van der Waals surface area contributed by atoms with E-state index in [2.05, 4.69) is 19.2 Å². The monoisotopic (exact) mass is 461 g/mol. The number of carbonyl (C=O) groups is 2. The number of rotatable bonds is 7. The molecular formula is C24H35N3O4S. The second-order valence-corrected chi connectivity index (χ2v) is 11.9. The van der Waals surface area contributed by atoms with Gasteiger partial charge in [0.05, 0.1) is 10.8 Å². The first kappa shape index (κ1) is 23.2. The summed E-state index contributed by atoms with van der Waals surface area (Å²) in [5, 5.41) is 2.97. The maximum Gasteiger partial charge on any atom is 0.243 e. The van der Waals surface area contributed by atoms with Gasteiger partial charge in [0, 0.05) is 37.3 Å². The lowest BCUT2D eigenvalue weighted by Gasteiger charge is -2.31. The van der Waals surface area contributed by atoms with Gasteiger partial charge in [-0.3, -0.25) is 9.59 Å². The molecule has 7 nitrogen and oxygen atoms in total. The largest absolute Gasteiger partial charge is 0.356 e. The van der Waals surface area contributed by atoms with E-state index in [0.717, 1.165) is 30.5 Å². The summed E-state index contributed by atoms with van der Waals surface area (Å²) in [6.07, 6.45) is 4.86. The lowest BCUT2D eigenvalue weighted by atomic mass is 9.98. The fourth-order valence-corrected chi connectivity index (χ4v) is 6.36. The third kappa shape index (κ3) is 4.71. The van der Waals surface area contributed by atoms with Gasteiger partial charge in [0.2, 0.25) is 21.8 Å². The Labute approximate surface area is 191 Å². The highest BCUT2D eigenvalue weighted by atomic mass is 32.2. The molecule has 1 aromatic rings. The van der Waals surface area contributed by atoms with E-state index in [1.165, 1.54) is 4.31 Å². The molecule has 1 saturated carbocycles. The number of fused-ring (bicyclic) bond motifs is 1. The predicted molar refractivity (Wildman–Crippen MR) is 124 cm³/mol. The number of hydrogen-bond acceptors (Lipinski definition) is 4. The van der Waals surface area contributed by atoms with Gasteiger partial charge in [0.15, 0.2) is 0 Å². The third-order valence-corrected chi connectivity index (χ3v) is 8.71. The second kappa shape index (κ2) is 9.14.